The van der Waals surface area contributed by atoms with E-state index in [1.165, 1.54) is 0 Å². The van der Waals surface area contributed by atoms with Crippen LogP contribution in [0.4, 0.5) is 0 Å². The van der Waals surface area contributed by atoms with Crippen LogP contribution < -0.4 is 5.32 Å². The Morgan fingerprint density at radius 2 is 1.70 bits per heavy atom. The predicted octanol–water partition coefficient (Wildman–Crippen LogP) is 0.648. The summed E-state index contributed by atoms with van der Waals surface area (Å²) >= 11 is 0. The number of hydrogen-bond donors (Lipinski definition) is 1. The van der Waals surface area contributed by atoms with Gasteiger partial charge in [-0.1, -0.05) is 6.42 Å². The Balaban J connectivity index is 0.00000192. The van der Waals surface area contributed by atoms with Gasteiger partial charge in [-0.15, -0.1) is 12.4 Å². The Bertz CT molecular complexity index is 373. The van der Waals surface area contributed by atoms with Crippen LogP contribution in [0.2, 0.25) is 0 Å². The Kier molecular flexibility index (Phi) is 7.11. The van der Waals surface area contributed by atoms with E-state index in [2.05, 4.69) is 5.32 Å². The van der Waals surface area contributed by atoms with Gasteiger partial charge in [0.25, 0.3) is 0 Å². The number of carbonyl (C=O) groups is 2. The van der Waals surface area contributed by atoms with E-state index >= 15 is 0 Å². The highest BCUT2D eigenvalue weighted by Crippen LogP contribution is 2.21. The van der Waals surface area contributed by atoms with Crippen molar-refractivity contribution in [3.63, 3.8) is 0 Å². The zero-order valence-corrected chi connectivity index (χ0v) is 14.5. The van der Waals surface area contributed by atoms with Crippen LogP contribution in [-0.4, -0.2) is 73.6 Å². The summed E-state index contributed by atoms with van der Waals surface area (Å²) in [7, 11) is 0. The first-order valence-electron chi connectivity index (χ1n) is 8.64. The maximum atomic E-state index is 12.6. The highest BCUT2D eigenvalue weighted by molar-refractivity contribution is 5.85. The minimum atomic E-state index is -0.0361. The zero-order valence-electron chi connectivity index (χ0n) is 13.7. The van der Waals surface area contributed by atoms with Gasteiger partial charge in [0.05, 0.1) is 25.2 Å². The first kappa shape index (κ1) is 18.5. The molecule has 3 fully saturated rings. The van der Waals surface area contributed by atoms with Crippen molar-refractivity contribution < 1.29 is 14.3 Å². The lowest BCUT2D eigenvalue weighted by atomic mass is 9.94. The third-order valence-electron chi connectivity index (χ3n) is 5.01. The highest BCUT2D eigenvalue weighted by atomic mass is 35.5. The van der Waals surface area contributed by atoms with Crippen LogP contribution in [0.25, 0.3) is 0 Å². The fourth-order valence-electron chi connectivity index (χ4n) is 3.70. The van der Waals surface area contributed by atoms with Crippen LogP contribution in [0.15, 0.2) is 0 Å². The van der Waals surface area contributed by atoms with Gasteiger partial charge < -0.3 is 19.9 Å². The summed E-state index contributed by atoms with van der Waals surface area (Å²) in [6.45, 7) is 4.96. The summed E-state index contributed by atoms with van der Waals surface area (Å²) in [5.41, 5.74) is 0. The molecule has 132 valence electrons. The van der Waals surface area contributed by atoms with Gasteiger partial charge in [-0.25, -0.2) is 0 Å². The van der Waals surface area contributed by atoms with Crippen LogP contribution in [0.3, 0.4) is 0 Å². The summed E-state index contributed by atoms with van der Waals surface area (Å²) in [6, 6.07) is -0.0361. The fraction of sp³-hybridized carbons (Fsp3) is 0.875. The molecule has 7 heteroatoms. The first-order valence-corrected chi connectivity index (χ1v) is 8.64. The molecule has 2 amide bonds. The molecule has 3 aliphatic rings. The second kappa shape index (κ2) is 8.85. The SMILES string of the molecule is Cl.O=C(C1CCCN(C(=O)C2CCCCN2)C1)N1CCOCC1. The largest absolute Gasteiger partial charge is 0.378 e. The average Bonchev–Trinajstić information content (AvgIpc) is 2.62. The summed E-state index contributed by atoms with van der Waals surface area (Å²) in [5.74, 6) is 0.371. The van der Waals surface area contributed by atoms with Crippen LogP contribution in [-0.2, 0) is 14.3 Å². The molecule has 0 aliphatic carbocycles. The zero-order chi connectivity index (χ0) is 15.4. The molecule has 2 unspecified atom stereocenters. The molecule has 3 saturated heterocycles. The van der Waals surface area contributed by atoms with Crippen LogP contribution in [0.1, 0.15) is 32.1 Å². The fourth-order valence-corrected chi connectivity index (χ4v) is 3.70. The number of halogens is 1. The average molecular weight is 346 g/mol. The summed E-state index contributed by atoms with van der Waals surface area (Å²) in [6.07, 6.45) is 5.03. The minimum absolute atomic E-state index is 0. The molecule has 3 rings (SSSR count). The van der Waals surface area contributed by atoms with Crippen molar-refractivity contribution in [2.24, 2.45) is 5.92 Å². The van der Waals surface area contributed by atoms with E-state index in [1.54, 1.807) is 0 Å². The second-order valence-corrected chi connectivity index (χ2v) is 6.56. The van der Waals surface area contributed by atoms with E-state index in [4.69, 9.17) is 4.74 Å². The van der Waals surface area contributed by atoms with Crippen molar-refractivity contribution in [2.45, 2.75) is 38.1 Å². The van der Waals surface area contributed by atoms with E-state index < -0.39 is 0 Å². The second-order valence-electron chi connectivity index (χ2n) is 6.56. The number of likely N-dealkylation sites (tertiary alicyclic amines) is 1. The summed E-state index contributed by atoms with van der Waals surface area (Å²) in [5, 5.41) is 3.32. The molecular weight excluding hydrogens is 318 g/mol. The number of morpholine rings is 1. The van der Waals surface area contributed by atoms with Crippen molar-refractivity contribution in [2.75, 3.05) is 45.9 Å². The molecule has 0 aromatic heterocycles. The molecule has 23 heavy (non-hydrogen) atoms. The molecule has 0 radical (unpaired) electrons. The van der Waals surface area contributed by atoms with Crippen molar-refractivity contribution >= 4 is 24.2 Å². The Labute approximate surface area is 144 Å². The lowest BCUT2D eigenvalue weighted by Crippen LogP contribution is -2.54. The Morgan fingerprint density at radius 3 is 2.39 bits per heavy atom. The molecule has 0 spiro atoms. The number of nitrogens with zero attached hydrogens (tertiary/aromatic N) is 2. The quantitative estimate of drug-likeness (QED) is 0.798. The molecule has 1 N–H and O–H groups in total. The maximum Gasteiger partial charge on any atom is 0.239 e. The van der Waals surface area contributed by atoms with Crippen LogP contribution in [0.5, 0.6) is 0 Å². The van der Waals surface area contributed by atoms with Gasteiger partial charge in [-0.3, -0.25) is 9.59 Å². The number of ether oxygens (including phenoxy) is 1. The van der Waals surface area contributed by atoms with E-state index in [-0.39, 0.29) is 36.2 Å². The molecule has 2 atom stereocenters. The Morgan fingerprint density at radius 1 is 0.913 bits per heavy atom. The molecule has 3 heterocycles. The number of carbonyl (C=O) groups excluding carboxylic acids is 2. The third-order valence-corrected chi connectivity index (χ3v) is 5.01. The molecule has 0 aromatic rings. The molecule has 0 bridgehead atoms. The molecule has 0 aromatic carbocycles. The van der Waals surface area contributed by atoms with Gasteiger partial charge >= 0.3 is 0 Å². The van der Waals surface area contributed by atoms with E-state index in [0.717, 1.165) is 45.2 Å². The molecular formula is C16H28ClN3O3. The van der Waals surface area contributed by atoms with Gasteiger partial charge in [0.1, 0.15) is 0 Å². The van der Waals surface area contributed by atoms with E-state index in [1.807, 2.05) is 9.80 Å². The molecule has 3 aliphatic heterocycles. The van der Waals surface area contributed by atoms with Crippen molar-refractivity contribution in [3.05, 3.63) is 0 Å². The molecule has 0 saturated carbocycles. The maximum absolute atomic E-state index is 12.6. The van der Waals surface area contributed by atoms with Gasteiger partial charge in [0.15, 0.2) is 0 Å². The monoisotopic (exact) mass is 345 g/mol. The smallest absolute Gasteiger partial charge is 0.239 e. The third kappa shape index (κ3) is 4.58. The summed E-state index contributed by atoms with van der Waals surface area (Å²) in [4.78, 5) is 29.0. The Hall–Kier alpha value is -0.850. The van der Waals surface area contributed by atoms with Crippen molar-refractivity contribution in [1.82, 2.24) is 15.1 Å². The number of amides is 2. The topological polar surface area (TPSA) is 61.9 Å². The minimum Gasteiger partial charge on any atom is -0.378 e. The van der Waals surface area contributed by atoms with E-state index in [9.17, 15) is 9.59 Å². The van der Waals surface area contributed by atoms with Gasteiger partial charge in [0, 0.05) is 26.2 Å². The van der Waals surface area contributed by atoms with Crippen molar-refractivity contribution in [1.29, 1.82) is 0 Å². The number of hydrogen-bond acceptors (Lipinski definition) is 4. The number of rotatable bonds is 2. The molecule has 6 nitrogen and oxygen atoms in total. The normalized spacial score (nSPS) is 28.9. The number of nitrogens with one attached hydrogen (secondary N) is 1. The van der Waals surface area contributed by atoms with Crippen LogP contribution in [0, 0.1) is 5.92 Å². The van der Waals surface area contributed by atoms with Gasteiger partial charge in [0.2, 0.25) is 11.8 Å². The lowest BCUT2D eigenvalue weighted by Gasteiger charge is -2.38. The first-order chi connectivity index (χ1) is 10.8. The highest BCUT2D eigenvalue weighted by Gasteiger charge is 2.34. The summed E-state index contributed by atoms with van der Waals surface area (Å²) < 4.78 is 5.31. The lowest BCUT2D eigenvalue weighted by molar-refractivity contribution is -0.144. The van der Waals surface area contributed by atoms with Gasteiger partial charge in [-0.05, 0) is 32.2 Å². The standard InChI is InChI=1S/C16H27N3O3.ClH/c20-15(18-8-10-22-11-9-18)13-4-3-7-19(12-13)16(21)14-5-1-2-6-17-14;/h13-14,17H,1-12H2;1H. The predicted molar refractivity (Wildman–Crippen MR) is 89.6 cm³/mol. The van der Waals surface area contributed by atoms with Crippen LogP contribution >= 0.6 is 12.4 Å². The van der Waals surface area contributed by atoms with E-state index in [0.29, 0.717) is 32.8 Å². The number of piperidine rings is 2. The van der Waals surface area contributed by atoms with Gasteiger partial charge in [-0.2, -0.15) is 0 Å². The van der Waals surface area contributed by atoms with Crippen molar-refractivity contribution in [3.8, 4) is 0 Å².